The topological polar surface area (TPSA) is 37.3 Å². The van der Waals surface area contributed by atoms with E-state index in [1.54, 1.807) is 0 Å². The lowest BCUT2D eigenvalue weighted by atomic mass is 9.62. The van der Waals surface area contributed by atoms with Crippen LogP contribution in [0.1, 0.15) is 82.1 Å². The number of carboxylic acids is 1. The number of hydrogen-bond donors (Lipinski definition) is 1. The van der Waals surface area contributed by atoms with Gasteiger partial charge >= 0.3 is 5.97 Å². The van der Waals surface area contributed by atoms with Gasteiger partial charge in [0, 0.05) is 11.5 Å². The van der Waals surface area contributed by atoms with Crippen molar-refractivity contribution in [3.63, 3.8) is 0 Å². The maximum atomic E-state index is 11.3. The number of rotatable bonds is 2. The predicted molar refractivity (Wildman–Crippen MR) is 101 cm³/mol. The van der Waals surface area contributed by atoms with Crippen molar-refractivity contribution in [2.45, 2.75) is 83.0 Å². The molecule has 0 bridgehead atoms. The maximum Gasteiger partial charge on any atom is 0.328 e. The Labute approximate surface area is 151 Å². The van der Waals surface area contributed by atoms with E-state index in [-0.39, 0.29) is 16.2 Å². The summed E-state index contributed by atoms with van der Waals surface area (Å²) in [6.07, 6.45) is 7.16. The van der Waals surface area contributed by atoms with Gasteiger partial charge in [0.05, 0.1) is 0 Å². The van der Waals surface area contributed by atoms with Crippen LogP contribution in [-0.2, 0) is 21.0 Å². The lowest BCUT2D eigenvalue weighted by Gasteiger charge is -2.43. The molecule has 0 aromatic heterocycles. The summed E-state index contributed by atoms with van der Waals surface area (Å²) in [5, 5.41) is 9.31. The molecule has 2 unspecified atom stereocenters. The van der Waals surface area contributed by atoms with Crippen molar-refractivity contribution in [1.82, 2.24) is 0 Å². The molecular weight excluding hydrogens is 308 g/mol. The molecule has 2 nitrogen and oxygen atoms in total. The summed E-state index contributed by atoms with van der Waals surface area (Å²) in [4.78, 5) is 11.3. The normalized spacial score (nSPS) is 33.0. The molecule has 1 aromatic carbocycles. The molecule has 4 rings (SSSR count). The summed E-state index contributed by atoms with van der Waals surface area (Å²) in [7, 11) is 0. The lowest BCUT2D eigenvalue weighted by molar-refractivity contribution is -0.131. The van der Waals surface area contributed by atoms with E-state index in [0.29, 0.717) is 5.92 Å². The first-order valence-corrected chi connectivity index (χ1v) is 9.68. The first-order valence-electron chi connectivity index (χ1n) is 9.68. The molecule has 0 heterocycles. The van der Waals surface area contributed by atoms with Crippen molar-refractivity contribution in [2.75, 3.05) is 0 Å². The number of aryl methyl sites for hydroxylation is 1. The number of hydrogen-bond acceptors (Lipinski definition) is 1. The smallest absolute Gasteiger partial charge is 0.328 e. The standard InChI is InChI=1S/C23H30O2/c1-14-10-18-19(22(4,5)9-8-21(18,2)3)12-17(14)23-13-16(23)7-6-15(23)11-20(24)25/h10-12,16H,6-9,13H2,1-5H3,(H,24,25)/b15-11-. The predicted octanol–water partition coefficient (Wildman–Crippen LogP) is 5.41. The largest absolute Gasteiger partial charge is 0.478 e. The van der Waals surface area contributed by atoms with Crippen LogP contribution in [0.15, 0.2) is 23.8 Å². The second kappa shape index (κ2) is 4.99. The molecule has 0 amide bonds. The first-order chi connectivity index (χ1) is 11.6. The van der Waals surface area contributed by atoms with Crippen LogP contribution in [0, 0.1) is 12.8 Å². The lowest BCUT2D eigenvalue weighted by Crippen LogP contribution is -2.34. The van der Waals surface area contributed by atoms with E-state index < -0.39 is 5.97 Å². The van der Waals surface area contributed by atoms with Gasteiger partial charge < -0.3 is 5.11 Å². The van der Waals surface area contributed by atoms with Gasteiger partial charge in [0.1, 0.15) is 0 Å². The molecule has 0 spiro atoms. The van der Waals surface area contributed by atoms with E-state index in [0.717, 1.165) is 24.8 Å². The van der Waals surface area contributed by atoms with Crippen molar-refractivity contribution in [3.8, 4) is 0 Å². The summed E-state index contributed by atoms with van der Waals surface area (Å²) in [6, 6.07) is 4.89. The highest BCUT2D eigenvalue weighted by Gasteiger charge is 2.61. The Kier molecular flexibility index (Phi) is 3.37. The Bertz CT molecular complexity index is 797. The van der Waals surface area contributed by atoms with Crippen LogP contribution in [0.5, 0.6) is 0 Å². The molecule has 25 heavy (non-hydrogen) atoms. The minimum atomic E-state index is -0.793. The van der Waals surface area contributed by atoms with Gasteiger partial charge in [0.15, 0.2) is 0 Å². The summed E-state index contributed by atoms with van der Waals surface area (Å²) < 4.78 is 0. The number of aliphatic carboxylic acids is 1. The first kappa shape index (κ1) is 16.9. The zero-order valence-electron chi connectivity index (χ0n) is 16.2. The third-order valence-corrected chi connectivity index (χ3v) is 7.42. The summed E-state index contributed by atoms with van der Waals surface area (Å²) >= 11 is 0. The number of carbonyl (C=O) groups is 1. The fourth-order valence-corrected chi connectivity index (χ4v) is 5.68. The highest BCUT2D eigenvalue weighted by atomic mass is 16.4. The molecule has 2 fully saturated rings. The molecule has 1 aromatic rings. The minimum absolute atomic E-state index is 0.0230. The quantitative estimate of drug-likeness (QED) is 0.732. The molecule has 3 aliphatic rings. The Morgan fingerprint density at radius 1 is 1.08 bits per heavy atom. The average Bonchev–Trinajstić information content (AvgIpc) is 3.14. The minimum Gasteiger partial charge on any atom is -0.478 e. The summed E-state index contributed by atoms with van der Waals surface area (Å²) in [6.45, 7) is 11.7. The molecular formula is C23H30O2. The summed E-state index contributed by atoms with van der Waals surface area (Å²) in [5.41, 5.74) is 7.35. The highest BCUT2D eigenvalue weighted by Crippen LogP contribution is 2.68. The van der Waals surface area contributed by atoms with Crippen LogP contribution in [0.3, 0.4) is 0 Å². The van der Waals surface area contributed by atoms with Gasteiger partial charge in [0.2, 0.25) is 0 Å². The summed E-state index contributed by atoms with van der Waals surface area (Å²) in [5.74, 6) is -0.145. The van der Waals surface area contributed by atoms with Crippen LogP contribution in [-0.4, -0.2) is 11.1 Å². The Morgan fingerprint density at radius 2 is 1.68 bits per heavy atom. The average molecular weight is 338 g/mol. The molecule has 2 atom stereocenters. The molecule has 2 heteroatoms. The molecule has 0 saturated heterocycles. The van der Waals surface area contributed by atoms with Crippen molar-refractivity contribution in [2.24, 2.45) is 5.92 Å². The van der Waals surface area contributed by atoms with E-state index >= 15 is 0 Å². The van der Waals surface area contributed by atoms with Gasteiger partial charge in [-0.1, -0.05) is 45.4 Å². The van der Waals surface area contributed by atoms with Crippen molar-refractivity contribution in [3.05, 3.63) is 46.0 Å². The van der Waals surface area contributed by atoms with E-state index in [1.165, 1.54) is 41.2 Å². The van der Waals surface area contributed by atoms with Gasteiger partial charge in [-0.25, -0.2) is 4.79 Å². The van der Waals surface area contributed by atoms with Gasteiger partial charge in [-0.3, -0.25) is 0 Å². The van der Waals surface area contributed by atoms with Crippen molar-refractivity contribution >= 4 is 5.97 Å². The van der Waals surface area contributed by atoms with Crippen LogP contribution in [0.4, 0.5) is 0 Å². The zero-order valence-corrected chi connectivity index (χ0v) is 16.2. The molecule has 1 N–H and O–H groups in total. The van der Waals surface area contributed by atoms with Crippen LogP contribution in [0.25, 0.3) is 0 Å². The monoisotopic (exact) mass is 338 g/mol. The molecule has 134 valence electrons. The molecule has 0 radical (unpaired) electrons. The van der Waals surface area contributed by atoms with Crippen molar-refractivity contribution < 1.29 is 9.90 Å². The molecule has 0 aliphatic heterocycles. The van der Waals surface area contributed by atoms with Crippen LogP contribution >= 0.6 is 0 Å². The number of carboxylic acid groups (broad SMARTS) is 1. The fourth-order valence-electron chi connectivity index (χ4n) is 5.68. The van der Waals surface area contributed by atoms with Gasteiger partial charge in [-0.05, 0) is 78.0 Å². The number of allylic oxidation sites excluding steroid dienone is 1. The molecule has 2 saturated carbocycles. The second-order valence-electron chi connectivity index (χ2n) is 9.90. The van der Waals surface area contributed by atoms with Gasteiger partial charge in [0.25, 0.3) is 0 Å². The number of fused-ring (bicyclic) bond motifs is 2. The Balaban J connectivity index is 1.90. The third-order valence-electron chi connectivity index (χ3n) is 7.42. The van der Waals surface area contributed by atoms with Gasteiger partial charge in [-0.2, -0.15) is 0 Å². The van der Waals surface area contributed by atoms with Crippen LogP contribution in [0.2, 0.25) is 0 Å². The maximum absolute atomic E-state index is 11.3. The van der Waals surface area contributed by atoms with Gasteiger partial charge in [-0.15, -0.1) is 0 Å². The van der Waals surface area contributed by atoms with E-state index in [2.05, 4.69) is 46.8 Å². The zero-order chi connectivity index (χ0) is 18.2. The highest BCUT2D eigenvalue weighted by molar-refractivity contribution is 5.82. The van der Waals surface area contributed by atoms with Crippen LogP contribution < -0.4 is 0 Å². The van der Waals surface area contributed by atoms with E-state index in [9.17, 15) is 9.90 Å². The van der Waals surface area contributed by atoms with Crippen molar-refractivity contribution in [1.29, 1.82) is 0 Å². The Hall–Kier alpha value is -1.57. The second-order valence-corrected chi connectivity index (χ2v) is 9.90. The van der Waals surface area contributed by atoms with E-state index in [4.69, 9.17) is 0 Å². The molecule has 3 aliphatic carbocycles. The SMILES string of the molecule is Cc1cc2c(cc1C13CC1CC/C3=C/C(=O)O)C(C)(C)CCC2(C)C. The Morgan fingerprint density at radius 3 is 2.24 bits per heavy atom. The number of benzene rings is 1. The van der Waals surface area contributed by atoms with E-state index in [1.807, 2.05) is 0 Å². The fraction of sp³-hybridized carbons (Fsp3) is 0.609. The third kappa shape index (κ3) is 2.33.